The van der Waals surface area contributed by atoms with E-state index in [1.54, 1.807) is 12.1 Å². The molecule has 0 bridgehead atoms. The van der Waals surface area contributed by atoms with E-state index < -0.39 is 6.61 Å². The largest absolute Gasteiger partial charge is 0.433 e. The van der Waals surface area contributed by atoms with Crippen molar-refractivity contribution in [3.05, 3.63) is 28.8 Å². The Bertz CT molecular complexity index is 347. The first-order valence-corrected chi connectivity index (χ1v) is 5.39. The molecule has 0 heterocycles. The van der Waals surface area contributed by atoms with Crippen molar-refractivity contribution in [2.45, 2.75) is 32.4 Å². The van der Waals surface area contributed by atoms with Gasteiger partial charge in [0.2, 0.25) is 0 Å². The van der Waals surface area contributed by atoms with Crippen molar-refractivity contribution < 1.29 is 13.5 Å². The van der Waals surface area contributed by atoms with E-state index in [9.17, 15) is 8.78 Å². The number of hydrogen-bond acceptors (Lipinski definition) is 2. The van der Waals surface area contributed by atoms with Crippen molar-refractivity contribution in [1.82, 2.24) is 0 Å². The predicted octanol–water partition coefficient (Wildman–Crippen LogP) is 3.22. The van der Waals surface area contributed by atoms with Gasteiger partial charge >= 0.3 is 6.61 Å². The molecule has 1 atom stereocenters. The SMILES string of the molecule is CCC(N)Cc1ccc(OC(F)F)c(Cl)c1. The van der Waals surface area contributed by atoms with E-state index in [4.69, 9.17) is 17.3 Å². The molecule has 2 nitrogen and oxygen atoms in total. The van der Waals surface area contributed by atoms with E-state index in [2.05, 4.69) is 4.74 Å². The first-order valence-electron chi connectivity index (χ1n) is 5.01. The second-order valence-electron chi connectivity index (χ2n) is 3.52. The summed E-state index contributed by atoms with van der Waals surface area (Å²) in [5.74, 6) is -0.00881. The summed E-state index contributed by atoms with van der Waals surface area (Å²) in [5, 5.41) is 0.182. The lowest BCUT2D eigenvalue weighted by atomic mass is 10.0. The highest BCUT2D eigenvalue weighted by molar-refractivity contribution is 6.32. The average Bonchev–Trinajstić information content (AvgIpc) is 2.21. The van der Waals surface area contributed by atoms with Crippen LogP contribution in [0.5, 0.6) is 5.75 Å². The molecule has 0 fully saturated rings. The molecule has 0 aliphatic rings. The van der Waals surface area contributed by atoms with Gasteiger partial charge in [0.25, 0.3) is 0 Å². The number of benzene rings is 1. The zero-order chi connectivity index (χ0) is 12.1. The fraction of sp³-hybridized carbons (Fsp3) is 0.455. The molecular weight excluding hydrogens is 236 g/mol. The van der Waals surface area contributed by atoms with Gasteiger partial charge in [0.1, 0.15) is 5.75 Å². The van der Waals surface area contributed by atoms with Crippen LogP contribution in [0.3, 0.4) is 0 Å². The van der Waals surface area contributed by atoms with Gasteiger partial charge in [-0.2, -0.15) is 8.78 Å². The molecule has 0 aliphatic carbocycles. The molecule has 0 saturated heterocycles. The predicted molar refractivity (Wildman–Crippen MR) is 60.1 cm³/mol. The molecule has 16 heavy (non-hydrogen) atoms. The molecule has 90 valence electrons. The van der Waals surface area contributed by atoms with Crippen LogP contribution in [-0.2, 0) is 6.42 Å². The second-order valence-corrected chi connectivity index (χ2v) is 3.92. The Morgan fingerprint density at radius 1 is 1.44 bits per heavy atom. The summed E-state index contributed by atoms with van der Waals surface area (Å²) in [4.78, 5) is 0. The Hall–Kier alpha value is -0.870. The van der Waals surface area contributed by atoms with Gasteiger partial charge in [-0.1, -0.05) is 24.6 Å². The fourth-order valence-corrected chi connectivity index (χ4v) is 1.56. The molecule has 0 amide bonds. The number of ether oxygens (including phenoxy) is 1. The van der Waals surface area contributed by atoms with Crippen molar-refractivity contribution in [2.75, 3.05) is 0 Å². The third kappa shape index (κ3) is 3.94. The van der Waals surface area contributed by atoms with Crippen LogP contribution in [0.25, 0.3) is 0 Å². The van der Waals surface area contributed by atoms with Crippen LogP contribution in [0, 0.1) is 0 Å². The molecule has 1 aromatic carbocycles. The molecular formula is C11H14ClF2NO. The summed E-state index contributed by atoms with van der Waals surface area (Å²) in [7, 11) is 0. The zero-order valence-electron chi connectivity index (χ0n) is 8.92. The van der Waals surface area contributed by atoms with E-state index in [1.807, 2.05) is 6.92 Å². The highest BCUT2D eigenvalue weighted by Crippen LogP contribution is 2.27. The number of halogens is 3. The van der Waals surface area contributed by atoms with Gasteiger partial charge < -0.3 is 10.5 Å². The van der Waals surface area contributed by atoms with Crippen LogP contribution in [-0.4, -0.2) is 12.7 Å². The van der Waals surface area contributed by atoms with Crippen molar-refractivity contribution in [3.8, 4) is 5.75 Å². The second kappa shape index (κ2) is 6.01. The van der Waals surface area contributed by atoms with Crippen LogP contribution in [0.2, 0.25) is 5.02 Å². The van der Waals surface area contributed by atoms with Crippen LogP contribution in [0.15, 0.2) is 18.2 Å². The number of rotatable bonds is 5. The average molecular weight is 250 g/mol. The normalized spacial score (nSPS) is 12.9. The third-order valence-corrected chi connectivity index (χ3v) is 2.53. The maximum absolute atomic E-state index is 12.0. The smallest absolute Gasteiger partial charge is 0.387 e. The third-order valence-electron chi connectivity index (χ3n) is 2.23. The topological polar surface area (TPSA) is 35.2 Å². The van der Waals surface area contributed by atoms with Crippen LogP contribution >= 0.6 is 11.6 Å². The molecule has 0 radical (unpaired) electrons. The lowest BCUT2D eigenvalue weighted by Crippen LogP contribution is -2.21. The Morgan fingerprint density at radius 2 is 2.12 bits per heavy atom. The van der Waals surface area contributed by atoms with Crippen LogP contribution < -0.4 is 10.5 Å². The highest BCUT2D eigenvalue weighted by atomic mass is 35.5. The monoisotopic (exact) mass is 249 g/mol. The zero-order valence-corrected chi connectivity index (χ0v) is 9.68. The summed E-state index contributed by atoms with van der Waals surface area (Å²) < 4.78 is 28.2. The first kappa shape index (κ1) is 13.2. The number of hydrogen-bond donors (Lipinski definition) is 1. The minimum absolute atomic E-state index is 0.00881. The summed E-state index contributed by atoms with van der Waals surface area (Å²) in [6, 6.07) is 4.79. The summed E-state index contributed by atoms with van der Waals surface area (Å²) in [6.45, 7) is -0.873. The van der Waals surface area contributed by atoms with Crippen LogP contribution in [0.1, 0.15) is 18.9 Å². The standard InChI is InChI=1S/C11H14ClF2NO/c1-2-8(15)5-7-3-4-10(9(12)6-7)16-11(13)14/h3-4,6,8,11H,2,5,15H2,1H3. The summed E-state index contributed by atoms with van der Waals surface area (Å²) in [6.07, 6.45) is 1.53. The van der Waals surface area contributed by atoms with Crippen molar-refractivity contribution in [2.24, 2.45) is 5.73 Å². The van der Waals surface area contributed by atoms with E-state index in [0.29, 0.717) is 6.42 Å². The molecule has 0 spiro atoms. The molecule has 1 rings (SSSR count). The maximum Gasteiger partial charge on any atom is 0.387 e. The van der Waals surface area contributed by atoms with E-state index in [1.165, 1.54) is 6.07 Å². The molecule has 0 aromatic heterocycles. The molecule has 2 N–H and O–H groups in total. The van der Waals surface area contributed by atoms with Crippen molar-refractivity contribution in [1.29, 1.82) is 0 Å². The Labute approximate surface area is 98.3 Å². The molecule has 1 unspecified atom stereocenters. The van der Waals surface area contributed by atoms with Gasteiger partial charge in [0.05, 0.1) is 5.02 Å². The first-order chi connectivity index (χ1) is 7.52. The Morgan fingerprint density at radius 3 is 2.62 bits per heavy atom. The van der Waals surface area contributed by atoms with Crippen LogP contribution in [0.4, 0.5) is 8.78 Å². The van der Waals surface area contributed by atoms with Gasteiger partial charge in [-0.05, 0) is 30.5 Å². The van der Waals surface area contributed by atoms with Gasteiger partial charge in [0.15, 0.2) is 0 Å². The molecule has 0 saturated carbocycles. The van der Waals surface area contributed by atoms with E-state index in [0.717, 1.165) is 12.0 Å². The van der Waals surface area contributed by atoms with Gasteiger partial charge in [-0.3, -0.25) is 0 Å². The minimum Gasteiger partial charge on any atom is -0.433 e. The Kier molecular flexibility index (Phi) is 4.96. The number of nitrogens with two attached hydrogens (primary N) is 1. The lowest BCUT2D eigenvalue weighted by Gasteiger charge is -2.11. The quantitative estimate of drug-likeness (QED) is 0.870. The molecule has 0 aliphatic heterocycles. The van der Waals surface area contributed by atoms with E-state index >= 15 is 0 Å². The fourth-order valence-electron chi connectivity index (χ4n) is 1.31. The molecule has 1 aromatic rings. The van der Waals surface area contributed by atoms with Crippen molar-refractivity contribution >= 4 is 11.6 Å². The van der Waals surface area contributed by atoms with Gasteiger partial charge in [-0.25, -0.2) is 0 Å². The van der Waals surface area contributed by atoms with Gasteiger partial charge in [0, 0.05) is 6.04 Å². The summed E-state index contributed by atoms with van der Waals surface area (Å²) >= 11 is 5.80. The summed E-state index contributed by atoms with van der Waals surface area (Å²) in [5.41, 5.74) is 6.70. The highest BCUT2D eigenvalue weighted by Gasteiger charge is 2.10. The molecule has 5 heteroatoms. The lowest BCUT2D eigenvalue weighted by molar-refractivity contribution is -0.0497. The van der Waals surface area contributed by atoms with Crippen molar-refractivity contribution in [3.63, 3.8) is 0 Å². The maximum atomic E-state index is 12.0. The van der Waals surface area contributed by atoms with Gasteiger partial charge in [-0.15, -0.1) is 0 Å². The minimum atomic E-state index is -2.86. The van der Waals surface area contributed by atoms with E-state index in [-0.39, 0.29) is 16.8 Å². The number of alkyl halides is 2. The Balaban J connectivity index is 2.74.